The van der Waals surface area contributed by atoms with Crippen LogP contribution < -0.4 is 0 Å². The van der Waals surface area contributed by atoms with E-state index in [1.165, 1.54) is 13.8 Å². The van der Waals surface area contributed by atoms with Gasteiger partial charge in [-0.1, -0.05) is 13.8 Å². The fourth-order valence-corrected chi connectivity index (χ4v) is 1.04. The molecule has 88 valence electrons. The van der Waals surface area contributed by atoms with Crippen LogP contribution in [0.1, 0.15) is 33.6 Å². The maximum atomic E-state index is 13.3. The van der Waals surface area contributed by atoms with E-state index >= 15 is 0 Å². The molecule has 15 heavy (non-hydrogen) atoms. The number of ether oxygens (including phenoxy) is 1. The molecular weight excluding hydrogens is 206 g/mol. The number of Topliss-reactive ketones (excluding diaryl/α,β-unsaturated/α-hetero) is 1. The van der Waals surface area contributed by atoms with Crippen molar-refractivity contribution in [3.8, 4) is 0 Å². The molecular formula is C10H16F2O3. The Kier molecular flexibility index (Phi) is 5.39. The van der Waals surface area contributed by atoms with E-state index in [1.54, 1.807) is 6.92 Å². The maximum absolute atomic E-state index is 13.3. The SMILES string of the molecule is CCOC(=O)C(F)(F)C(C)CC(=O)CC. The van der Waals surface area contributed by atoms with E-state index in [2.05, 4.69) is 4.74 Å². The summed E-state index contributed by atoms with van der Waals surface area (Å²) in [6.45, 7) is 4.13. The molecule has 0 saturated carbocycles. The average Bonchev–Trinajstić information content (AvgIpc) is 2.17. The van der Waals surface area contributed by atoms with E-state index in [1.807, 2.05) is 0 Å². The molecule has 0 aliphatic rings. The molecule has 1 unspecified atom stereocenters. The summed E-state index contributed by atoms with van der Waals surface area (Å²) in [6, 6.07) is 0. The van der Waals surface area contributed by atoms with Gasteiger partial charge in [-0.2, -0.15) is 8.78 Å². The van der Waals surface area contributed by atoms with Crippen LogP contribution in [0.4, 0.5) is 8.78 Å². The van der Waals surface area contributed by atoms with Gasteiger partial charge in [0.1, 0.15) is 5.78 Å². The predicted molar refractivity (Wildman–Crippen MR) is 50.7 cm³/mol. The largest absolute Gasteiger partial charge is 0.462 e. The minimum Gasteiger partial charge on any atom is -0.462 e. The molecule has 0 radical (unpaired) electrons. The number of halogens is 2. The van der Waals surface area contributed by atoms with Gasteiger partial charge in [-0.15, -0.1) is 0 Å². The second-order valence-corrected chi connectivity index (χ2v) is 3.34. The normalized spacial score (nSPS) is 13.4. The number of hydrogen-bond donors (Lipinski definition) is 0. The lowest BCUT2D eigenvalue weighted by Gasteiger charge is -2.20. The summed E-state index contributed by atoms with van der Waals surface area (Å²) in [7, 11) is 0. The third-order valence-corrected chi connectivity index (χ3v) is 2.09. The maximum Gasteiger partial charge on any atom is 0.377 e. The fraction of sp³-hybridized carbons (Fsp3) is 0.800. The number of carbonyl (C=O) groups is 2. The molecule has 0 heterocycles. The second-order valence-electron chi connectivity index (χ2n) is 3.34. The van der Waals surface area contributed by atoms with Crippen LogP contribution >= 0.6 is 0 Å². The molecule has 0 aliphatic heterocycles. The first-order chi connectivity index (χ1) is 6.86. The fourth-order valence-electron chi connectivity index (χ4n) is 1.04. The molecule has 0 saturated heterocycles. The lowest BCUT2D eigenvalue weighted by Crippen LogP contribution is -2.38. The third-order valence-electron chi connectivity index (χ3n) is 2.09. The van der Waals surface area contributed by atoms with Gasteiger partial charge in [-0.3, -0.25) is 4.79 Å². The molecule has 0 N–H and O–H groups in total. The highest BCUT2D eigenvalue weighted by Gasteiger charge is 2.46. The molecule has 0 amide bonds. The van der Waals surface area contributed by atoms with Gasteiger partial charge in [0.2, 0.25) is 0 Å². The van der Waals surface area contributed by atoms with E-state index in [0.29, 0.717) is 0 Å². The van der Waals surface area contributed by atoms with Crippen LogP contribution in [0.15, 0.2) is 0 Å². The lowest BCUT2D eigenvalue weighted by atomic mass is 9.96. The van der Waals surface area contributed by atoms with Gasteiger partial charge >= 0.3 is 11.9 Å². The van der Waals surface area contributed by atoms with Crippen LogP contribution in [0.25, 0.3) is 0 Å². The molecule has 0 aromatic rings. The van der Waals surface area contributed by atoms with Crippen LogP contribution in [0.2, 0.25) is 0 Å². The molecule has 0 spiro atoms. The topological polar surface area (TPSA) is 43.4 Å². The van der Waals surface area contributed by atoms with Gasteiger partial charge in [0.05, 0.1) is 6.61 Å². The highest BCUT2D eigenvalue weighted by Crippen LogP contribution is 2.29. The summed E-state index contributed by atoms with van der Waals surface area (Å²) in [5, 5.41) is 0. The van der Waals surface area contributed by atoms with E-state index in [0.717, 1.165) is 0 Å². The molecule has 0 aliphatic carbocycles. The van der Waals surface area contributed by atoms with E-state index in [4.69, 9.17) is 0 Å². The van der Waals surface area contributed by atoms with Crippen molar-refractivity contribution in [3.05, 3.63) is 0 Å². The summed E-state index contributed by atoms with van der Waals surface area (Å²) in [4.78, 5) is 21.9. The van der Waals surface area contributed by atoms with Gasteiger partial charge < -0.3 is 4.74 Å². The van der Waals surface area contributed by atoms with Crippen molar-refractivity contribution in [3.63, 3.8) is 0 Å². The Labute approximate surface area is 87.8 Å². The molecule has 1 atom stereocenters. The smallest absolute Gasteiger partial charge is 0.377 e. The highest BCUT2D eigenvalue weighted by molar-refractivity contribution is 5.81. The highest BCUT2D eigenvalue weighted by atomic mass is 19.3. The van der Waals surface area contributed by atoms with Gasteiger partial charge in [0.25, 0.3) is 0 Å². The Hall–Kier alpha value is -1.00. The Morgan fingerprint density at radius 3 is 2.27 bits per heavy atom. The molecule has 5 heteroatoms. The van der Waals surface area contributed by atoms with Crippen molar-refractivity contribution >= 4 is 11.8 Å². The number of carbonyl (C=O) groups excluding carboxylic acids is 2. The zero-order chi connectivity index (χ0) is 12.1. The van der Waals surface area contributed by atoms with Crippen LogP contribution in [0.5, 0.6) is 0 Å². The summed E-state index contributed by atoms with van der Waals surface area (Å²) in [6.07, 6.45) is -0.106. The van der Waals surface area contributed by atoms with E-state index < -0.39 is 17.8 Å². The van der Waals surface area contributed by atoms with Crippen LogP contribution in [-0.2, 0) is 14.3 Å². The first-order valence-corrected chi connectivity index (χ1v) is 4.92. The van der Waals surface area contributed by atoms with Crippen molar-refractivity contribution in [2.75, 3.05) is 6.61 Å². The number of esters is 1. The van der Waals surface area contributed by atoms with E-state index in [9.17, 15) is 18.4 Å². The number of ketones is 1. The Bertz CT molecular complexity index is 239. The van der Waals surface area contributed by atoms with Gasteiger partial charge in [0.15, 0.2) is 0 Å². The minimum absolute atomic E-state index is 0.0944. The molecule has 0 bridgehead atoms. The second kappa shape index (κ2) is 5.78. The monoisotopic (exact) mass is 222 g/mol. The lowest BCUT2D eigenvalue weighted by molar-refractivity contribution is -0.179. The summed E-state index contributed by atoms with van der Waals surface area (Å²) >= 11 is 0. The zero-order valence-corrected chi connectivity index (χ0v) is 9.18. The standard InChI is InChI=1S/C10H16F2O3/c1-4-8(13)6-7(3)10(11,12)9(14)15-5-2/h7H,4-6H2,1-3H3. The molecule has 0 aromatic carbocycles. The Morgan fingerprint density at radius 2 is 1.87 bits per heavy atom. The summed E-state index contributed by atoms with van der Waals surface area (Å²) in [5.41, 5.74) is 0. The molecule has 0 rings (SSSR count). The molecule has 3 nitrogen and oxygen atoms in total. The first kappa shape index (κ1) is 14.0. The minimum atomic E-state index is -3.58. The average molecular weight is 222 g/mol. The van der Waals surface area contributed by atoms with Crippen molar-refractivity contribution in [1.82, 2.24) is 0 Å². The summed E-state index contributed by atoms with van der Waals surface area (Å²) in [5.74, 6) is -6.74. The first-order valence-electron chi connectivity index (χ1n) is 4.92. The Balaban J connectivity index is 4.43. The molecule has 0 aromatic heterocycles. The van der Waals surface area contributed by atoms with Crippen molar-refractivity contribution in [2.45, 2.75) is 39.5 Å². The number of rotatable bonds is 6. The Morgan fingerprint density at radius 1 is 1.33 bits per heavy atom. The number of hydrogen-bond acceptors (Lipinski definition) is 3. The summed E-state index contributed by atoms with van der Waals surface area (Å²) < 4.78 is 30.8. The van der Waals surface area contributed by atoms with Crippen molar-refractivity contribution in [1.29, 1.82) is 0 Å². The number of alkyl halides is 2. The van der Waals surface area contributed by atoms with Crippen LogP contribution in [-0.4, -0.2) is 24.3 Å². The van der Waals surface area contributed by atoms with E-state index in [-0.39, 0.29) is 25.2 Å². The van der Waals surface area contributed by atoms with Crippen LogP contribution in [0.3, 0.4) is 0 Å². The zero-order valence-electron chi connectivity index (χ0n) is 9.18. The quantitative estimate of drug-likeness (QED) is 0.647. The molecule has 0 fully saturated rings. The van der Waals surface area contributed by atoms with Crippen LogP contribution in [0, 0.1) is 5.92 Å². The van der Waals surface area contributed by atoms with Gasteiger partial charge in [-0.25, -0.2) is 4.79 Å². The van der Waals surface area contributed by atoms with Gasteiger partial charge in [-0.05, 0) is 6.92 Å². The third kappa shape index (κ3) is 3.93. The van der Waals surface area contributed by atoms with Crippen molar-refractivity contribution < 1.29 is 23.1 Å². The van der Waals surface area contributed by atoms with Gasteiger partial charge in [0, 0.05) is 18.8 Å². The van der Waals surface area contributed by atoms with Crippen molar-refractivity contribution in [2.24, 2.45) is 5.92 Å². The predicted octanol–water partition coefficient (Wildman–Crippen LogP) is 2.19.